The maximum atomic E-state index is 12.6. The number of benzene rings is 2. The molecule has 22 heavy (non-hydrogen) atoms. The van der Waals surface area contributed by atoms with Crippen LogP contribution in [-0.4, -0.2) is 15.8 Å². The molecule has 6 heteroatoms. The van der Waals surface area contributed by atoms with Gasteiger partial charge in [0.25, 0.3) is 0 Å². The summed E-state index contributed by atoms with van der Waals surface area (Å²) in [5.41, 5.74) is 1.72. The molecule has 0 unspecified atom stereocenters. The molecule has 1 N–H and O–H groups in total. The van der Waals surface area contributed by atoms with Crippen LogP contribution in [0.25, 0.3) is 11.0 Å². The average molecular weight is 330 g/mol. The Labute approximate surface area is 136 Å². The van der Waals surface area contributed by atoms with Gasteiger partial charge < -0.3 is 4.98 Å². The maximum Gasteiger partial charge on any atom is 0.189 e. The molecule has 0 saturated carbocycles. The molecule has 0 saturated heterocycles. The van der Waals surface area contributed by atoms with E-state index in [1.54, 1.807) is 6.07 Å². The van der Waals surface area contributed by atoms with Crippen molar-refractivity contribution in [2.45, 2.75) is 5.92 Å². The summed E-state index contributed by atoms with van der Waals surface area (Å²) in [6.45, 7) is 0. The van der Waals surface area contributed by atoms with Gasteiger partial charge in [0.15, 0.2) is 11.7 Å². The number of hydrogen-bond acceptors (Lipinski definition) is 3. The fourth-order valence-electron chi connectivity index (χ4n) is 2.20. The molecule has 0 bridgehead atoms. The Morgan fingerprint density at radius 2 is 2.00 bits per heavy atom. The number of carbonyl (C=O) groups is 1. The summed E-state index contributed by atoms with van der Waals surface area (Å²) in [4.78, 5) is 19.9. The van der Waals surface area contributed by atoms with Gasteiger partial charge in [0.05, 0.1) is 22.1 Å². The van der Waals surface area contributed by atoms with Crippen molar-refractivity contribution in [2.75, 3.05) is 0 Å². The number of aromatic amines is 1. The van der Waals surface area contributed by atoms with Crippen LogP contribution in [0.3, 0.4) is 0 Å². The number of para-hydroxylation sites is 2. The van der Waals surface area contributed by atoms with E-state index >= 15 is 0 Å². The van der Waals surface area contributed by atoms with Crippen molar-refractivity contribution in [1.82, 2.24) is 9.97 Å². The van der Waals surface area contributed by atoms with Gasteiger partial charge in [-0.25, -0.2) is 4.98 Å². The lowest BCUT2D eigenvalue weighted by Crippen LogP contribution is -2.13. The summed E-state index contributed by atoms with van der Waals surface area (Å²) in [6.07, 6.45) is 0. The largest absolute Gasteiger partial charge is 0.340 e. The van der Waals surface area contributed by atoms with Crippen LogP contribution in [0.4, 0.5) is 0 Å². The second kappa shape index (κ2) is 5.80. The van der Waals surface area contributed by atoms with Gasteiger partial charge in [-0.15, -0.1) is 0 Å². The third kappa shape index (κ3) is 2.57. The molecule has 0 fully saturated rings. The standard InChI is InChI=1S/C16H9Cl2N3O/c17-9-5-6-10(12(18)7-9)15(22)11(8-19)16-20-13-3-1-2-4-14(13)21-16/h1-7,11H,(H,20,21)/t11-/m1/s1. The van der Waals surface area contributed by atoms with E-state index in [0.717, 1.165) is 5.52 Å². The predicted molar refractivity (Wildman–Crippen MR) is 85.2 cm³/mol. The first-order valence-electron chi connectivity index (χ1n) is 6.43. The van der Waals surface area contributed by atoms with Crippen LogP contribution >= 0.6 is 23.2 Å². The molecule has 1 atom stereocenters. The summed E-state index contributed by atoms with van der Waals surface area (Å²) in [5, 5.41) is 10.0. The van der Waals surface area contributed by atoms with Gasteiger partial charge in [-0.1, -0.05) is 35.3 Å². The Morgan fingerprint density at radius 1 is 1.23 bits per heavy atom. The number of halogens is 2. The van der Waals surface area contributed by atoms with Crippen LogP contribution in [0.1, 0.15) is 22.1 Å². The van der Waals surface area contributed by atoms with E-state index in [9.17, 15) is 10.1 Å². The van der Waals surface area contributed by atoms with E-state index < -0.39 is 11.7 Å². The number of nitrogens with zero attached hydrogens (tertiary/aromatic N) is 2. The molecule has 0 aliphatic rings. The highest BCUT2D eigenvalue weighted by molar-refractivity contribution is 6.37. The summed E-state index contributed by atoms with van der Waals surface area (Å²) in [5.74, 6) is -1.16. The minimum absolute atomic E-state index is 0.217. The van der Waals surface area contributed by atoms with Gasteiger partial charge in [-0.3, -0.25) is 4.79 Å². The second-order valence-electron chi connectivity index (χ2n) is 4.69. The van der Waals surface area contributed by atoms with Gasteiger partial charge in [-0.2, -0.15) is 5.26 Å². The number of Topliss-reactive ketones (excluding diaryl/α,β-unsaturated/α-hetero) is 1. The summed E-state index contributed by atoms with van der Waals surface area (Å²) >= 11 is 11.9. The first-order chi connectivity index (χ1) is 10.6. The van der Waals surface area contributed by atoms with Crippen LogP contribution in [0.2, 0.25) is 10.0 Å². The summed E-state index contributed by atoms with van der Waals surface area (Å²) in [7, 11) is 0. The molecule has 3 rings (SSSR count). The fourth-order valence-corrected chi connectivity index (χ4v) is 2.70. The third-order valence-corrected chi connectivity index (χ3v) is 3.82. The molecule has 4 nitrogen and oxygen atoms in total. The lowest BCUT2D eigenvalue weighted by atomic mass is 9.98. The van der Waals surface area contributed by atoms with Gasteiger partial charge >= 0.3 is 0 Å². The van der Waals surface area contributed by atoms with Crippen LogP contribution in [-0.2, 0) is 0 Å². The van der Waals surface area contributed by atoms with Crippen LogP contribution in [0, 0.1) is 11.3 Å². The van der Waals surface area contributed by atoms with Gasteiger partial charge in [0, 0.05) is 10.6 Å². The zero-order chi connectivity index (χ0) is 15.7. The van der Waals surface area contributed by atoms with E-state index in [1.807, 2.05) is 30.3 Å². The van der Waals surface area contributed by atoms with Gasteiger partial charge in [0.1, 0.15) is 5.82 Å². The number of carbonyl (C=O) groups excluding carboxylic acids is 1. The molecular weight excluding hydrogens is 321 g/mol. The van der Waals surface area contributed by atoms with Crippen LogP contribution < -0.4 is 0 Å². The number of hydrogen-bond donors (Lipinski definition) is 1. The highest BCUT2D eigenvalue weighted by atomic mass is 35.5. The fraction of sp³-hybridized carbons (Fsp3) is 0.0625. The van der Waals surface area contributed by atoms with Gasteiger partial charge in [-0.05, 0) is 30.3 Å². The second-order valence-corrected chi connectivity index (χ2v) is 5.53. The Morgan fingerprint density at radius 3 is 2.68 bits per heavy atom. The van der Waals surface area contributed by atoms with E-state index in [-0.39, 0.29) is 10.6 Å². The van der Waals surface area contributed by atoms with E-state index in [4.69, 9.17) is 23.2 Å². The van der Waals surface area contributed by atoms with Crippen molar-refractivity contribution in [3.63, 3.8) is 0 Å². The smallest absolute Gasteiger partial charge is 0.189 e. The lowest BCUT2D eigenvalue weighted by molar-refractivity contribution is 0.0976. The molecular formula is C16H9Cl2N3O. The number of ketones is 1. The molecule has 0 spiro atoms. The molecule has 3 aromatic rings. The predicted octanol–water partition coefficient (Wildman–Crippen LogP) is 4.36. The Hall–Kier alpha value is -2.35. The van der Waals surface area contributed by atoms with Crippen molar-refractivity contribution < 1.29 is 4.79 Å². The molecule has 0 amide bonds. The highest BCUT2D eigenvalue weighted by Gasteiger charge is 2.26. The number of fused-ring (bicyclic) bond motifs is 1. The first-order valence-corrected chi connectivity index (χ1v) is 7.19. The molecule has 108 valence electrons. The number of aromatic nitrogens is 2. The van der Waals surface area contributed by atoms with Gasteiger partial charge in [0.2, 0.25) is 0 Å². The van der Waals surface area contributed by atoms with E-state index in [0.29, 0.717) is 16.4 Å². The molecule has 0 aliphatic carbocycles. The molecule has 0 radical (unpaired) electrons. The topological polar surface area (TPSA) is 69.5 Å². The van der Waals surface area contributed by atoms with Crippen molar-refractivity contribution >= 4 is 40.0 Å². The summed E-state index contributed by atoms with van der Waals surface area (Å²) < 4.78 is 0. The molecule has 2 aromatic carbocycles. The number of nitriles is 1. The van der Waals surface area contributed by atoms with Crippen LogP contribution in [0.15, 0.2) is 42.5 Å². The normalized spacial score (nSPS) is 12.0. The number of H-pyrrole nitrogens is 1. The quantitative estimate of drug-likeness (QED) is 0.726. The average Bonchev–Trinajstić information content (AvgIpc) is 2.91. The highest BCUT2D eigenvalue weighted by Crippen LogP contribution is 2.27. The third-order valence-electron chi connectivity index (χ3n) is 3.27. The van der Waals surface area contributed by atoms with Crippen molar-refractivity contribution in [1.29, 1.82) is 5.26 Å². The first kappa shape index (κ1) is 14.6. The van der Waals surface area contributed by atoms with E-state index in [2.05, 4.69) is 9.97 Å². The molecule has 1 aromatic heterocycles. The minimum Gasteiger partial charge on any atom is -0.340 e. The molecule has 0 aliphatic heterocycles. The Kier molecular flexibility index (Phi) is 3.84. The zero-order valence-electron chi connectivity index (χ0n) is 11.2. The Balaban J connectivity index is 2.03. The zero-order valence-corrected chi connectivity index (χ0v) is 12.7. The number of rotatable bonds is 3. The SMILES string of the molecule is N#C[C@H](C(=O)c1ccc(Cl)cc1Cl)c1nc2ccccc2[nH]1. The molecule has 1 heterocycles. The van der Waals surface area contributed by atoms with Crippen molar-refractivity contribution in [3.05, 3.63) is 63.9 Å². The van der Waals surface area contributed by atoms with E-state index in [1.165, 1.54) is 12.1 Å². The number of imidazole rings is 1. The van der Waals surface area contributed by atoms with Crippen molar-refractivity contribution in [3.8, 4) is 6.07 Å². The van der Waals surface area contributed by atoms with Crippen LogP contribution in [0.5, 0.6) is 0 Å². The monoisotopic (exact) mass is 329 g/mol. The Bertz CT molecular complexity index is 878. The number of nitrogens with one attached hydrogen (secondary N) is 1. The maximum absolute atomic E-state index is 12.6. The van der Waals surface area contributed by atoms with Crippen molar-refractivity contribution in [2.24, 2.45) is 0 Å². The summed E-state index contributed by atoms with van der Waals surface area (Å²) in [6, 6.07) is 13.9. The lowest BCUT2D eigenvalue weighted by Gasteiger charge is -2.07. The minimum atomic E-state index is -1.05.